The molecule has 0 saturated carbocycles. The summed E-state index contributed by atoms with van der Waals surface area (Å²) in [6.07, 6.45) is 0.768. The van der Waals surface area contributed by atoms with Gasteiger partial charge in [0.1, 0.15) is 5.01 Å². The number of nitrogens with two attached hydrogens (primary N) is 1. The molecule has 0 spiro atoms. The zero-order valence-electron chi connectivity index (χ0n) is 11.5. The number of hydrogen-bond donors (Lipinski definition) is 2. The molecule has 114 valence electrons. The van der Waals surface area contributed by atoms with E-state index in [0.717, 1.165) is 11.4 Å². The smallest absolute Gasteiger partial charge is 0.263 e. The summed E-state index contributed by atoms with van der Waals surface area (Å²) in [5, 5.41) is 8.89. The molecule has 1 aromatic carbocycles. The van der Waals surface area contributed by atoms with Crippen LogP contribution in [0, 0.1) is 5.92 Å². The maximum Gasteiger partial charge on any atom is 0.263 e. The molecule has 0 fully saturated rings. The van der Waals surface area contributed by atoms with E-state index in [4.69, 9.17) is 5.73 Å². The van der Waals surface area contributed by atoms with E-state index in [9.17, 15) is 8.42 Å². The highest BCUT2D eigenvalue weighted by Gasteiger charge is 2.18. The van der Waals surface area contributed by atoms with E-state index >= 15 is 0 Å². The van der Waals surface area contributed by atoms with Crippen molar-refractivity contribution in [1.82, 2.24) is 10.2 Å². The van der Waals surface area contributed by atoms with Crippen LogP contribution in [0.5, 0.6) is 0 Å². The van der Waals surface area contributed by atoms with E-state index < -0.39 is 10.0 Å². The number of sulfonamides is 1. The first-order chi connectivity index (χ1) is 9.78. The van der Waals surface area contributed by atoms with E-state index in [0.29, 0.717) is 16.1 Å². The van der Waals surface area contributed by atoms with E-state index in [2.05, 4.69) is 44.7 Å². The predicted molar refractivity (Wildman–Crippen MR) is 87.8 cm³/mol. The number of nitrogens with zero attached hydrogens (tertiary/aromatic N) is 2. The number of benzene rings is 1. The lowest BCUT2D eigenvalue weighted by molar-refractivity contribution is 0.601. The summed E-state index contributed by atoms with van der Waals surface area (Å²) in [4.78, 5) is 0.0869. The fraction of sp³-hybridized carbons (Fsp3) is 0.333. The Morgan fingerprint density at radius 3 is 2.71 bits per heavy atom. The Labute approximate surface area is 136 Å². The van der Waals surface area contributed by atoms with E-state index in [-0.39, 0.29) is 10.0 Å². The Kier molecular flexibility index (Phi) is 4.84. The molecule has 0 bridgehead atoms. The lowest BCUT2D eigenvalue weighted by Crippen LogP contribution is -2.13. The van der Waals surface area contributed by atoms with E-state index in [1.165, 1.54) is 23.5 Å². The fourth-order valence-corrected chi connectivity index (χ4v) is 4.05. The molecule has 1 aromatic heterocycles. The molecule has 2 aromatic rings. The molecule has 1 heterocycles. The van der Waals surface area contributed by atoms with Gasteiger partial charge in [0.15, 0.2) is 0 Å². The largest absolute Gasteiger partial charge is 0.398 e. The van der Waals surface area contributed by atoms with Crippen LogP contribution in [0.1, 0.15) is 18.9 Å². The van der Waals surface area contributed by atoms with Crippen LogP contribution in [-0.2, 0) is 16.4 Å². The van der Waals surface area contributed by atoms with Gasteiger partial charge < -0.3 is 5.73 Å². The van der Waals surface area contributed by atoms with Crippen LogP contribution in [0.4, 0.5) is 10.8 Å². The molecule has 0 atom stereocenters. The molecule has 0 aliphatic carbocycles. The quantitative estimate of drug-likeness (QED) is 0.764. The van der Waals surface area contributed by atoms with Gasteiger partial charge >= 0.3 is 0 Å². The SMILES string of the molecule is CC(C)Cc1nnc(NS(=O)(=O)c2ccc(Br)c(N)c2)s1. The molecule has 9 heteroatoms. The first kappa shape index (κ1) is 16.2. The molecule has 2 rings (SSSR count). The summed E-state index contributed by atoms with van der Waals surface area (Å²) in [6.45, 7) is 4.13. The number of anilines is 2. The summed E-state index contributed by atoms with van der Waals surface area (Å²) in [5.41, 5.74) is 6.06. The second-order valence-electron chi connectivity index (χ2n) is 4.89. The third-order valence-electron chi connectivity index (χ3n) is 2.55. The van der Waals surface area contributed by atoms with Gasteiger partial charge in [-0.25, -0.2) is 8.42 Å². The highest BCUT2D eigenvalue weighted by Crippen LogP contribution is 2.25. The lowest BCUT2D eigenvalue weighted by Gasteiger charge is -2.06. The maximum atomic E-state index is 12.3. The number of nitrogens with one attached hydrogen (secondary N) is 1. The van der Waals surface area contributed by atoms with Crippen molar-refractivity contribution < 1.29 is 8.42 Å². The number of aromatic nitrogens is 2. The van der Waals surface area contributed by atoms with Crippen molar-refractivity contribution >= 4 is 48.1 Å². The normalized spacial score (nSPS) is 11.8. The first-order valence-corrected chi connectivity index (χ1v) is 9.27. The van der Waals surface area contributed by atoms with Gasteiger partial charge in [-0.3, -0.25) is 4.72 Å². The maximum absolute atomic E-state index is 12.3. The minimum absolute atomic E-state index is 0.0869. The highest BCUT2D eigenvalue weighted by molar-refractivity contribution is 9.10. The Morgan fingerprint density at radius 2 is 2.10 bits per heavy atom. The van der Waals surface area contributed by atoms with Gasteiger partial charge in [0.05, 0.1) is 4.90 Å². The molecule has 0 amide bonds. The molecule has 21 heavy (non-hydrogen) atoms. The molecule has 6 nitrogen and oxygen atoms in total. The summed E-state index contributed by atoms with van der Waals surface area (Å²) >= 11 is 4.47. The molecule has 0 unspecified atom stereocenters. The van der Waals surface area contributed by atoms with Gasteiger partial charge in [-0.15, -0.1) is 10.2 Å². The minimum atomic E-state index is -3.71. The first-order valence-electron chi connectivity index (χ1n) is 6.18. The second kappa shape index (κ2) is 6.29. The molecular weight excluding hydrogens is 376 g/mol. The van der Waals surface area contributed by atoms with Crippen LogP contribution in [-0.4, -0.2) is 18.6 Å². The van der Waals surface area contributed by atoms with Crippen molar-refractivity contribution in [3.63, 3.8) is 0 Å². The summed E-state index contributed by atoms with van der Waals surface area (Å²) in [7, 11) is -3.71. The van der Waals surface area contributed by atoms with Gasteiger partial charge in [-0.05, 0) is 40.0 Å². The third-order valence-corrected chi connectivity index (χ3v) is 5.60. The van der Waals surface area contributed by atoms with Gasteiger partial charge in [0, 0.05) is 16.6 Å². The number of rotatable bonds is 5. The van der Waals surface area contributed by atoms with Crippen molar-refractivity contribution in [1.29, 1.82) is 0 Å². The van der Waals surface area contributed by atoms with Crippen LogP contribution < -0.4 is 10.5 Å². The molecule has 3 N–H and O–H groups in total. The zero-order chi connectivity index (χ0) is 15.6. The summed E-state index contributed by atoms with van der Waals surface area (Å²) in [5.74, 6) is 0.439. The number of halogens is 1. The highest BCUT2D eigenvalue weighted by atomic mass is 79.9. The summed E-state index contributed by atoms with van der Waals surface area (Å²) in [6, 6.07) is 4.45. The second-order valence-corrected chi connectivity index (χ2v) is 8.49. The van der Waals surface area contributed by atoms with E-state index in [1.807, 2.05) is 0 Å². The minimum Gasteiger partial charge on any atom is -0.398 e. The van der Waals surface area contributed by atoms with Crippen molar-refractivity contribution in [3.05, 3.63) is 27.7 Å². The van der Waals surface area contributed by atoms with Gasteiger partial charge in [-0.2, -0.15) is 0 Å². The zero-order valence-corrected chi connectivity index (χ0v) is 14.7. The number of nitrogen functional groups attached to an aromatic ring is 1. The predicted octanol–water partition coefficient (Wildman–Crippen LogP) is 2.88. The average molecular weight is 391 g/mol. The molecule has 0 aliphatic rings. The van der Waals surface area contributed by atoms with Crippen LogP contribution >= 0.6 is 27.3 Å². The molecule has 0 saturated heterocycles. The lowest BCUT2D eigenvalue weighted by atomic mass is 10.1. The molecular formula is C12H15BrN4O2S2. The van der Waals surface area contributed by atoms with Crippen molar-refractivity contribution in [2.45, 2.75) is 25.2 Å². The van der Waals surface area contributed by atoms with Crippen LogP contribution in [0.15, 0.2) is 27.6 Å². The van der Waals surface area contributed by atoms with Crippen molar-refractivity contribution in [2.75, 3.05) is 10.5 Å². The number of hydrogen-bond acceptors (Lipinski definition) is 6. The Hall–Kier alpha value is -1.19. The Morgan fingerprint density at radius 1 is 1.38 bits per heavy atom. The van der Waals surface area contributed by atoms with Crippen LogP contribution in [0.2, 0.25) is 0 Å². The molecule has 0 aliphatic heterocycles. The van der Waals surface area contributed by atoms with E-state index in [1.54, 1.807) is 6.07 Å². The van der Waals surface area contributed by atoms with Crippen molar-refractivity contribution in [2.24, 2.45) is 5.92 Å². The van der Waals surface area contributed by atoms with Crippen LogP contribution in [0.25, 0.3) is 0 Å². The standard InChI is InChI=1S/C12H15BrN4O2S2/c1-7(2)5-11-15-16-12(20-11)17-21(18,19)8-3-4-9(13)10(14)6-8/h3-4,6-7H,5,14H2,1-2H3,(H,16,17). The average Bonchev–Trinajstić information content (AvgIpc) is 2.78. The van der Waals surface area contributed by atoms with Crippen molar-refractivity contribution in [3.8, 4) is 0 Å². The Balaban J connectivity index is 2.20. The monoisotopic (exact) mass is 390 g/mol. The van der Waals surface area contributed by atoms with Gasteiger partial charge in [0.25, 0.3) is 10.0 Å². The van der Waals surface area contributed by atoms with Crippen LogP contribution in [0.3, 0.4) is 0 Å². The third kappa shape index (κ3) is 4.14. The van der Waals surface area contributed by atoms with Gasteiger partial charge in [-0.1, -0.05) is 25.2 Å². The Bertz CT molecular complexity index is 743. The summed E-state index contributed by atoms with van der Waals surface area (Å²) < 4.78 is 27.6. The van der Waals surface area contributed by atoms with Gasteiger partial charge in [0.2, 0.25) is 5.13 Å². The fourth-order valence-electron chi connectivity index (χ4n) is 1.59. The topological polar surface area (TPSA) is 98.0 Å². The molecule has 0 radical (unpaired) electrons.